The Morgan fingerprint density at radius 2 is 2.10 bits per heavy atom. The number of hydrogen-bond donors (Lipinski definition) is 1. The van der Waals surface area contributed by atoms with Crippen molar-refractivity contribution in [3.63, 3.8) is 0 Å². The second-order valence-corrected chi connectivity index (χ2v) is 6.12. The lowest BCUT2D eigenvalue weighted by molar-refractivity contribution is -0.122. The molecular formula is C16H19N3O. The van der Waals surface area contributed by atoms with Crippen molar-refractivity contribution in [2.24, 2.45) is 13.0 Å². The number of rotatable bonds is 3. The molecule has 0 bridgehead atoms. The molecule has 0 atom stereocenters. The van der Waals surface area contributed by atoms with Gasteiger partial charge < -0.3 is 9.88 Å². The number of imidazole rings is 1. The quantitative estimate of drug-likeness (QED) is 0.930. The molecule has 0 radical (unpaired) electrons. The van der Waals surface area contributed by atoms with Crippen LogP contribution in [0.1, 0.15) is 43.8 Å². The Morgan fingerprint density at radius 3 is 2.75 bits per heavy atom. The van der Waals surface area contributed by atoms with Crippen molar-refractivity contribution < 1.29 is 4.79 Å². The van der Waals surface area contributed by atoms with Crippen molar-refractivity contribution in [3.8, 4) is 0 Å². The molecule has 4 heteroatoms. The largest absolute Gasteiger partial charge is 0.331 e. The van der Waals surface area contributed by atoms with Crippen LogP contribution in [0.15, 0.2) is 18.2 Å². The van der Waals surface area contributed by atoms with E-state index in [2.05, 4.69) is 23.0 Å². The summed E-state index contributed by atoms with van der Waals surface area (Å²) in [6.07, 6.45) is 5.75. The van der Waals surface area contributed by atoms with Crippen molar-refractivity contribution in [1.29, 1.82) is 0 Å². The zero-order chi connectivity index (χ0) is 13.7. The summed E-state index contributed by atoms with van der Waals surface area (Å²) in [5.41, 5.74) is 3.00. The number of carbonyl (C=O) groups is 1. The van der Waals surface area contributed by atoms with Crippen molar-refractivity contribution in [1.82, 2.24) is 9.55 Å². The van der Waals surface area contributed by atoms with Gasteiger partial charge in [0.15, 0.2) is 0 Å². The average molecular weight is 269 g/mol. The fourth-order valence-corrected chi connectivity index (χ4v) is 2.92. The lowest BCUT2D eigenvalue weighted by Crippen LogP contribution is -2.27. The van der Waals surface area contributed by atoms with E-state index in [1.54, 1.807) is 0 Å². The van der Waals surface area contributed by atoms with Gasteiger partial charge in [0.1, 0.15) is 5.82 Å². The molecule has 1 N–H and O–H groups in total. The molecule has 104 valence electrons. The highest BCUT2D eigenvalue weighted by Crippen LogP contribution is 2.40. The Labute approximate surface area is 118 Å². The van der Waals surface area contributed by atoms with Gasteiger partial charge in [-0.3, -0.25) is 4.79 Å². The highest BCUT2D eigenvalue weighted by Gasteiger charge is 2.29. The number of carbonyl (C=O) groups excluding carboxylic acids is 1. The maximum absolute atomic E-state index is 12.0. The summed E-state index contributed by atoms with van der Waals surface area (Å²) in [5.74, 6) is 2.20. The van der Waals surface area contributed by atoms with E-state index in [1.165, 1.54) is 25.1 Å². The zero-order valence-electron chi connectivity index (χ0n) is 11.7. The summed E-state index contributed by atoms with van der Waals surface area (Å²) in [7, 11) is 2.08. The number of fused-ring (bicyclic) bond motifs is 1. The molecule has 20 heavy (non-hydrogen) atoms. The number of aromatic nitrogens is 2. The van der Waals surface area contributed by atoms with Crippen LogP contribution in [0.4, 0.5) is 5.69 Å². The van der Waals surface area contributed by atoms with E-state index in [-0.39, 0.29) is 11.8 Å². The van der Waals surface area contributed by atoms with Gasteiger partial charge in [-0.2, -0.15) is 0 Å². The van der Waals surface area contributed by atoms with Gasteiger partial charge in [0.25, 0.3) is 0 Å². The monoisotopic (exact) mass is 269 g/mol. The number of nitrogens with zero attached hydrogens (tertiary/aromatic N) is 2. The number of hydrogen-bond acceptors (Lipinski definition) is 2. The summed E-state index contributed by atoms with van der Waals surface area (Å²) >= 11 is 0. The molecule has 1 aromatic heterocycles. The first kappa shape index (κ1) is 11.9. The minimum absolute atomic E-state index is 0.161. The third-order valence-electron chi connectivity index (χ3n) is 4.60. The zero-order valence-corrected chi connectivity index (χ0v) is 11.7. The maximum atomic E-state index is 12.0. The van der Waals surface area contributed by atoms with E-state index in [0.717, 1.165) is 29.6 Å². The molecule has 4 rings (SSSR count). The fraction of sp³-hybridized carbons (Fsp3) is 0.500. The Kier molecular flexibility index (Phi) is 2.59. The van der Waals surface area contributed by atoms with E-state index >= 15 is 0 Å². The summed E-state index contributed by atoms with van der Waals surface area (Å²) < 4.78 is 2.19. The van der Waals surface area contributed by atoms with Crippen molar-refractivity contribution in [2.45, 2.75) is 38.0 Å². The van der Waals surface area contributed by atoms with Crippen molar-refractivity contribution in [2.75, 3.05) is 5.32 Å². The average Bonchev–Trinajstić information content (AvgIpc) is 3.13. The van der Waals surface area contributed by atoms with Crippen LogP contribution < -0.4 is 5.32 Å². The highest BCUT2D eigenvalue weighted by atomic mass is 16.1. The smallest absolute Gasteiger partial charge is 0.227 e. The van der Waals surface area contributed by atoms with Crippen LogP contribution in [0.3, 0.4) is 0 Å². The van der Waals surface area contributed by atoms with Crippen molar-refractivity contribution >= 4 is 22.6 Å². The van der Waals surface area contributed by atoms with Gasteiger partial charge in [-0.1, -0.05) is 6.42 Å². The van der Waals surface area contributed by atoms with Crippen LogP contribution in [-0.2, 0) is 11.8 Å². The second kappa shape index (κ2) is 4.33. The summed E-state index contributed by atoms with van der Waals surface area (Å²) in [6.45, 7) is 0. The van der Waals surface area contributed by atoms with Gasteiger partial charge in [0.05, 0.1) is 11.0 Å². The van der Waals surface area contributed by atoms with E-state index in [9.17, 15) is 4.79 Å². The van der Waals surface area contributed by atoms with E-state index in [4.69, 9.17) is 4.98 Å². The number of benzene rings is 1. The predicted octanol–water partition coefficient (Wildman–Crippen LogP) is 3.19. The lowest BCUT2D eigenvalue weighted by Gasteiger charge is -2.24. The first-order valence-electron chi connectivity index (χ1n) is 7.49. The van der Waals surface area contributed by atoms with Crippen LogP contribution in [0.25, 0.3) is 11.0 Å². The first-order chi connectivity index (χ1) is 9.72. The van der Waals surface area contributed by atoms with Gasteiger partial charge in [0, 0.05) is 24.6 Å². The molecule has 0 aliphatic heterocycles. The maximum Gasteiger partial charge on any atom is 0.227 e. The molecule has 1 heterocycles. The van der Waals surface area contributed by atoms with Crippen LogP contribution in [0.2, 0.25) is 0 Å². The SMILES string of the molecule is Cn1c(C2CC2)nc2cc(NC(=O)C3CCC3)ccc21. The van der Waals surface area contributed by atoms with Crippen LogP contribution in [0, 0.1) is 5.92 Å². The molecule has 1 aromatic carbocycles. The molecular weight excluding hydrogens is 250 g/mol. The third kappa shape index (κ3) is 1.90. The molecule has 2 aromatic rings. The molecule has 2 aliphatic rings. The Balaban J connectivity index is 1.62. The van der Waals surface area contributed by atoms with Crippen molar-refractivity contribution in [3.05, 3.63) is 24.0 Å². The standard InChI is InChI=1S/C16H19N3O/c1-19-14-8-7-12(17-16(20)11-3-2-4-11)9-13(14)18-15(19)10-5-6-10/h7-11H,2-6H2,1H3,(H,17,20). The first-order valence-corrected chi connectivity index (χ1v) is 7.49. The molecule has 2 aliphatic carbocycles. The Bertz CT molecular complexity index is 680. The van der Waals surface area contributed by atoms with E-state index < -0.39 is 0 Å². The third-order valence-corrected chi connectivity index (χ3v) is 4.60. The van der Waals surface area contributed by atoms with E-state index in [1.807, 2.05) is 12.1 Å². The van der Waals surface area contributed by atoms with Gasteiger partial charge in [-0.05, 0) is 43.9 Å². The molecule has 0 spiro atoms. The van der Waals surface area contributed by atoms with Crippen LogP contribution in [-0.4, -0.2) is 15.5 Å². The molecule has 2 saturated carbocycles. The van der Waals surface area contributed by atoms with Gasteiger partial charge >= 0.3 is 0 Å². The second-order valence-electron chi connectivity index (χ2n) is 6.12. The molecule has 4 nitrogen and oxygen atoms in total. The summed E-state index contributed by atoms with van der Waals surface area (Å²) in [5, 5.41) is 3.02. The molecule has 0 unspecified atom stereocenters. The van der Waals surface area contributed by atoms with Crippen LogP contribution >= 0.6 is 0 Å². The fourth-order valence-electron chi connectivity index (χ4n) is 2.92. The molecule has 0 saturated heterocycles. The van der Waals surface area contributed by atoms with E-state index in [0.29, 0.717) is 5.92 Å². The highest BCUT2D eigenvalue weighted by molar-refractivity contribution is 5.95. The minimum atomic E-state index is 0.161. The normalized spacial score (nSPS) is 19.1. The van der Waals surface area contributed by atoms with Gasteiger partial charge in [-0.15, -0.1) is 0 Å². The van der Waals surface area contributed by atoms with Gasteiger partial charge in [-0.25, -0.2) is 4.98 Å². The number of amides is 1. The molecule has 2 fully saturated rings. The predicted molar refractivity (Wildman–Crippen MR) is 78.7 cm³/mol. The van der Waals surface area contributed by atoms with Gasteiger partial charge in [0.2, 0.25) is 5.91 Å². The van der Waals surface area contributed by atoms with Crippen LogP contribution in [0.5, 0.6) is 0 Å². The summed E-state index contributed by atoms with van der Waals surface area (Å²) in [4.78, 5) is 16.7. The topological polar surface area (TPSA) is 46.9 Å². The lowest BCUT2D eigenvalue weighted by atomic mass is 9.85. The Hall–Kier alpha value is -1.84. The number of nitrogens with one attached hydrogen (secondary N) is 1. The minimum Gasteiger partial charge on any atom is -0.331 e. The number of anilines is 1. The molecule has 1 amide bonds. The Morgan fingerprint density at radius 1 is 1.30 bits per heavy atom. The summed E-state index contributed by atoms with van der Waals surface area (Å²) in [6, 6.07) is 6.04. The number of aryl methyl sites for hydroxylation is 1.